The monoisotopic (exact) mass is 338 g/mol. The molecule has 124 valence electrons. The normalized spacial score (nSPS) is 35.5. The second kappa shape index (κ2) is 6.57. The largest absolute Gasteiger partial charge is 0.477 e. The van der Waals surface area contributed by atoms with Crippen molar-refractivity contribution < 1.29 is 48.6 Å². The average Bonchev–Trinajstić information content (AvgIpc) is 2.72. The fourth-order valence-corrected chi connectivity index (χ4v) is 2.66. The van der Waals surface area contributed by atoms with Gasteiger partial charge in [-0.2, -0.15) is 0 Å². The predicted molar refractivity (Wildman–Crippen MR) is 69.4 cm³/mol. The highest BCUT2D eigenvalue weighted by Crippen LogP contribution is 2.36. The Hall–Kier alpha value is -1.10. The SMILES string of the molecule is O=C(O)C1=C[NH+]([C@@H]2O[C@H](COP(=O)(O)O)[C@@H](O)[C@H]2O)CC=C1. The van der Waals surface area contributed by atoms with Crippen LogP contribution in [0.5, 0.6) is 0 Å². The van der Waals surface area contributed by atoms with Gasteiger partial charge in [-0.3, -0.25) is 9.42 Å². The molecule has 1 saturated heterocycles. The zero-order valence-electron chi connectivity index (χ0n) is 11.3. The first-order chi connectivity index (χ1) is 10.2. The quantitative estimate of drug-likeness (QED) is 0.287. The fourth-order valence-electron chi connectivity index (χ4n) is 2.32. The number of phosphoric ester groups is 1. The van der Waals surface area contributed by atoms with Crippen LogP contribution in [0.3, 0.4) is 0 Å². The average molecular weight is 338 g/mol. The first-order valence-corrected chi connectivity index (χ1v) is 7.91. The molecule has 11 heteroatoms. The van der Waals surface area contributed by atoms with E-state index in [0.29, 0.717) is 11.4 Å². The van der Waals surface area contributed by atoms with Crippen LogP contribution in [0.25, 0.3) is 0 Å². The molecule has 0 aromatic rings. The molecule has 2 aliphatic heterocycles. The number of rotatable bonds is 5. The Bertz CT molecular complexity index is 542. The number of carboxylic acids is 1. The van der Waals surface area contributed by atoms with E-state index in [1.807, 2.05) is 0 Å². The van der Waals surface area contributed by atoms with Crippen molar-refractivity contribution in [1.82, 2.24) is 0 Å². The molecule has 0 radical (unpaired) electrons. The number of aliphatic hydroxyl groups is 2. The molecule has 0 aromatic heterocycles. The van der Waals surface area contributed by atoms with Gasteiger partial charge in [-0.15, -0.1) is 0 Å². The highest BCUT2D eigenvalue weighted by Gasteiger charge is 2.48. The van der Waals surface area contributed by atoms with Crippen LogP contribution in [-0.2, 0) is 18.6 Å². The van der Waals surface area contributed by atoms with E-state index in [2.05, 4.69) is 4.52 Å². The van der Waals surface area contributed by atoms with Crippen LogP contribution >= 0.6 is 7.82 Å². The van der Waals surface area contributed by atoms with Crippen molar-refractivity contribution >= 4 is 13.8 Å². The number of nitrogens with one attached hydrogen (secondary N) is 1. The molecule has 1 fully saturated rings. The third-order valence-electron chi connectivity index (χ3n) is 3.37. The summed E-state index contributed by atoms with van der Waals surface area (Å²) in [5.74, 6) is -1.14. The summed E-state index contributed by atoms with van der Waals surface area (Å²) in [5.41, 5.74) is 0.0152. The van der Waals surface area contributed by atoms with Gasteiger partial charge in [-0.1, -0.05) is 0 Å². The second-order valence-corrected chi connectivity index (χ2v) is 6.19. The van der Waals surface area contributed by atoms with Crippen LogP contribution in [0.1, 0.15) is 0 Å². The maximum absolute atomic E-state index is 10.9. The van der Waals surface area contributed by atoms with Crippen LogP contribution in [0, 0.1) is 0 Å². The number of carbonyl (C=O) groups is 1. The molecule has 22 heavy (non-hydrogen) atoms. The third kappa shape index (κ3) is 4.00. The summed E-state index contributed by atoms with van der Waals surface area (Å²) in [4.78, 5) is 28.7. The number of carboxylic acid groups (broad SMARTS) is 1. The first-order valence-electron chi connectivity index (χ1n) is 6.38. The topological polar surface area (TPSA) is 158 Å². The molecule has 10 nitrogen and oxygen atoms in total. The lowest BCUT2D eigenvalue weighted by molar-refractivity contribution is -0.897. The first kappa shape index (κ1) is 17.3. The summed E-state index contributed by atoms with van der Waals surface area (Å²) >= 11 is 0. The molecule has 0 amide bonds. The lowest BCUT2D eigenvalue weighted by atomic mass is 10.1. The molecule has 2 heterocycles. The summed E-state index contributed by atoms with van der Waals surface area (Å²) < 4.78 is 20.3. The lowest BCUT2D eigenvalue weighted by Crippen LogP contribution is -3.13. The van der Waals surface area contributed by atoms with E-state index in [4.69, 9.17) is 19.6 Å². The van der Waals surface area contributed by atoms with E-state index in [9.17, 15) is 19.6 Å². The van der Waals surface area contributed by atoms with Gasteiger partial charge in [-0.25, -0.2) is 9.36 Å². The summed E-state index contributed by atoms with van der Waals surface area (Å²) in [6.07, 6.45) is -0.518. The van der Waals surface area contributed by atoms with Crippen molar-refractivity contribution in [2.75, 3.05) is 13.2 Å². The van der Waals surface area contributed by atoms with E-state index in [-0.39, 0.29) is 5.57 Å². The van der Waals surface area contributed by atoms with E-state index in [1.54, 1.807) is 6.08 Å². The molecular weight excluding hydrogens is 321 g/mol. The molecule has 2 aliphatic rings. The van der Waals surface area contributed by atoms with Crippen molar-refractivity contribution in [3.63, 3.8) is 0 Å². The Morgan fingerprint density at radius 3 is 2.68 bits per heavy atom. The van der Waals surface area contributed by atoms with Crippen LogP contribution in [0.2, 0.25) is 0 Å². The summed E-state index contributed by atoms with van der Waals surface area (Å²) in [7, 11) is -4.72. The lowest BCUT2D eigenvalue weighted by Gasteiger charge is -2.24. The summed E-state index contributed by atoms with van der Waals surface area (Å²) in [6.45, 7) is -0.269. The minimum absolute atomic E-state index is 0.0152. The summed E-state index contributed by atoms with van der Waals surface area (Å²) in [6, 6.07) is 0. The Morgan fingerprint density at radius 1 is 1.41 bits per heavy atom. The van der Waals surface area contributed by atoms with Gasteiger partial charge < -0.3 is 29.8 Å². The van der Waals surface area contributed by atoms with E-state index < -0.39 is 44.9 Å². The predicted octanol–water partition coefficient (Wildman–Crippen LogP) is -3.03. The summed E-state index contributed by atoms with van der Waals surface area (Å²) in [5, 5.41) is 28.8. The molecule has 0 aliphatic carbocycles. The Balaban J connectivity index is 2.05. The van der Waals surface area contributed by atoms with E-state index >= 15 is 0 Å². The van der Waals surface area contributed by atoms with Crippen LogP contribution in [0.4, 0.5) is 0 Å². The Kier molecular flexibility index (Phi) is 5.15. The zero-order chi connectivity index (χ0) is 16.5. The standard InChI is InChI=1S/C11H16NO9P/c13-8-7(5-20-22(17,18)19)21-10(9(8)14)12-3-1-2-6(4-12)11(15)16/h1-2,4,7-10,13-14H,3,5H2,(H,15,16)(H2,17,18,19)/p+1/t7-,8-,9-,10-/m1/s1. The van der Waals surface area contributed by atoms with E-state index in [0.717, 1.165) is 0 Å². The number of hydrogen-bond donors (Lipinski definition) is 6. The fraction of sp³-hybridized carbons (Fsp3) is 0.545. The highest BCUT2D eigenvalue weighted by atomic mass is 31.2. The van der Waals surface area contributed by atoms with Crippen LogP contribution in [-0.4, -0.2) is 68.8 Å². The maximum Gasteiger partial charge on any atom is 0.469 e. The molecule has 5 atom stereocenters. The van der Waals surface area contributed by atoms with Crippen LogP contribution < -0.4 is 4.90 Å². The Morgan fingerprint density at radius 2 is 2.09 bits per heavy atom. The van der Waals surface area contributed by atoms with Gasteiger partial charge in [0.1, 0.15) is 30.5 Å². The molecule has 0 saturated carbocycles. The number of ether oxygens (including phenoxy) is 1. The van der Waals surface area contributed by atoms with Crippen LogP contribution in [0.15, 0.2) is 23.9 Å². The van der Waals surface area contributed by atoms with Gasteiger partial charge in [0.05, 0.1) is 6.61 Å². The molecule has 6 N–H and O–H groups in total. The van der Waals surface area contributed by atoms with Gasteiger partial charge in [0.2, 0.25) is 6.23 Å². The zero-order valence-corrected chi connectivity index (χ0v) is 12.2. The molecule has 2 rings (SSSR count). The highest BCUT2D eigenvalue weighted by molar-refractivity contribution is 7.46. The van der Waals surface area contributed by atoms with Gasteiger partial charge in [0, 0.05) is 0 Å². The molecule has 1 unspecified atom stereocenters. The van der Waals surface area contributed by atoms with Gasteiger partial charge >= 0.3 is 13.8 Å². The van der Waals surface area contributed by atoms with Crippen molar-refractivity contribution in [1.29, 1.82) is 0 Å². The van der Waals surface area contributed by atoms with Gasteiger partial charge in [0.15, 0.2) is 6.10 Å². The van der Waals surface area contributed by atoms with E-state index in [1.165, 1.54) is 12.3 Å². The molecule has 0 spiro atoms. The van der Waals surface area contributed by atoms with Gasteiger partial charge in [-0.05, 0) is 12.2 Å². The maximum atomic E-state index is 10.9. The third-order valence-corrected chi connectivity index (χ3v) is 3.86. The number of hydrogen-bond acceptors (Lipinski definition) is 6. The second-order valence-electron chi connectivity index (χ2n) is 4.95. The molecule has 0 bridgehead atoms. The molecule has 0 aromatic carbocycles. The number of aliphatic carboxylic acids is 1. The minimum Gasteiger partial charge on any atom is -0.477 e. The van der Waals surface area contributed by atoms with Crippen molar-refractivity contribution in [3.05, 3.63) is 23.9 Å². The smallest absolute Gasteiger partial charge is 0.469 e. The number of phosphoric acid groups is 1. The van der Waals surface area contributed by atoms with Crippen molar-refractivity contribution in [2.45, 2.75) is 24.5 Å². The van der Waals surface area contributed by atoms with Crippen molar-refractivity contribution in [2.24, 2.45) is 0 Å². The molecular formula is C11H17NO9P+. The van der Waals surface area contributed by atoms with Crippen molar-refractivity contribution in [3.8, 4) is 0 Å². The minimum atomic E-state index is -4.72. The number of quaternary nitrogens is 1. The number of aliphatic hydroxyl groups excluding tert-OH is 2. The van der Waals surface area contributed by atoms with Gasteiger partial charge in [0.25, 0.3) is 0 Å². The Labute approximate surface area is 125 Å².